The van der Waals surface area contributed by atoms with Crippen LogP contribution in [-0.2, 0) is 9.47 Å². The fourth-order valence-corrected chi connectivity index (χ4v) is 2.91. The first kappa shape index (κ1) is 17.9. The van der Waals surface area contributed by atoms with Gasteiger partial charge < -0.3 is 14.8 Å². The van der Waals surface area contributed by atoms with E-state index in [1.54, 1.807) is 7.11 Å². The lowest BCUT2D eigenvalue weighted by molar-refractivity contribution is -0.0316. The van der Waals surface area contributed by atoms with Gasteiger partial charge in [-0.1, -0.05) is 6.92 Å². The summed E-state index contributed by atoms with van der Waals surface area (Å²) in [6.45, 7) is 16.0. The van der Waals surface area contributed by atoms with E-state index in [-0.39, 0.29) is 11.1 Å². The Labute approximate surface area is 125 Å². The lowest BCUT2D eigenvalue weighted by Crippen LogP contribution is -2.60. The molecule has 1 rings (SSSR count). The van der Waals surface area contributed by atoms with Gasteiger partial charge in [0.15, 0.2) is 0 Å². The molecule has 0 saturated carbocycles. The van der Waals surface area contributed by atoms with Crippen LogP contribution in [0.25, 0.3) is 0 Å². The van der Waals surface area contributed by atoms with Crippen molar-refractivity contribution in [3.05, 3.63) is 0 Å². The molecule has 1 fully saturated rings. The summed E-state index contributed by atoms with van der Waals surface area (Å²) in [6.07, 6.45) is 2.19. The first-order valence-corrected chi connectivity index (χ1v) is 7.95. The van der Waals surface area contributed by atoms with Crippen molar-refractivity contribution >= 4 is 0 Å². The molecule has 1 atom stereocenters. The van der Waals surface area contributed by atoms with Gasteiger partial charge in [0.2, 0.25) is 0 Å². The molecule has 0 aromatic rings. The SMILES string of the molecule is CCNC(CCC(C)(C)OC)C(C)(C)N1CCOCC1. The molecule has 0 spiro atoms. The molecule has 1 saturated heterocycles. The fraction of sp³-hybridized carbons (Fsp3) is 1.00. The largest absolute Gasteiger partial charge is 0.379 e. The Bertz CT molecular complexity index is 274. The van der Waals surface area contributed by atoms with Crippen molar-refractivity contribution in [2.24, 2.45) is 0 Å². The van der Waals surface area contributed by atoms with Crippen LogP contribution < -0.4 is 5.32 Å². The summed E-state index contributed by atoms with van der Waals surface area (Å²) in [7, 11) is 1.80. The Morgan fingerprint density at radius 3 is 2.30 bits per heavy atom. The van der Waals surface area contributed by atoms with Gasteiger partial charge in [-0.25, -0.2) is 0 Å². The van der Waals surface area contributed by atoms with Crippen LogP contribution in [0, 0.1) is 0 Å². The van der Waals surface area contributed by atoms with Crippen molar-refractivity contribution in [1.29, 1.82) is 0 Å². The summed E-state index contributed by atoms with van der Waals surface area (Å²) in [5.74, 6) is 0. The first-order valence-electron chi connectivity index (χ1n) is 7.95. The number of morpholine rings is 1. The minimum Gasteiger partial charge on any atom is -0.379 e. The molecule has 0 radical (unpaired) electrons. The van der Waals surface area contributed by atoms with E-state index in [1.165, 1.54) is 0 Å². The summed E-state index contributed by atoms with van der Waals surface area (Å²) in [5.41, 5.74) is 0.0956. The molecule has 0 aromatic heterocycles. The van der Waals surface area contributed by atoms with Crippen LogP contribution >= 0.6 is 0 Å². The second kappa shape index (κ2) is 7.74. The Kier molecular flexibility index (Phi) is 6.92. The van der Waals surface area contributed by atoms with Gasteiger partial charge in [0.25, 0.3) is 0 Å². The molecule has 1 N–H and O–H groups in total. The third-order valence-corrected chi connectivity index (χ3v) is 4.72. The van der Waals surface area contributed by atoms with E-state index in [9.17, 15) is 0 Å². The van der Waals surface area contributed by atoms with Crippen molar-refractivity contribution in [1.82, 2.24) is 10.2 Å². The quantitative estimate of drug-likeness (QED) is 0.742. The second-order valence-corrected chi connectivity index (χ2v) is 6.87. The number of hydrogen-bond acceptors (Lipinski definition) is 4. The van der Waals surface area contributed by atoms with Gasteiger partial charge in [0.05, 0.1) is 18.8 Å². The molecule has 1 aliphatic heterocycles. The van der Waals surface area contributed by atoms with Crippen molar-refractivity contribution in [2.45, 2.75) is 64.6 Å². The van der Waals surface area contributed by atoms with E-state index in [0.717, 1.165) is 45.7 Å². The molecule has 4 nitrogen and oxygen atoms in total. The Morgan fingerprint density at radius 2 is 1.80 bits per heavy atom. The summed E-state index contributed by atoms with van der Waals surface area (Å²) >= 11 is 0. The maximum atomic E-state index is 5.56. The highest BCUT2D eigenvalue weighted by Crippen LogP contribution is 2.26. The van der Waals surface area contributed by atoms with Crippen LogP contribution in [0.5, 0.6) is 0 Å². The number of rotatable bonds is 8. The van der Waals surface area contributed by atoms with E-state index < -0.39 is 0 Å². The minimum absolute atomic E-state index is 0.0469. The topological polar surface area (TPSA) is 33.7 Å². The molecule has 0 amide bonds. The van der Waals surface area contributed by atoms with Crippen LogP contribution in [0.1, 0.15) is 47.5 Å². The van der Waals surface area contributed by atoms with Crippen LogP contribution in [0.15, 0.2) is 0 Å². The number of methoxy groups -OCH3 is 1. The van der Waals surface area contributed by atoms with Crippen molar-refractivity contribution in [2.75, 3.05) is 40.0 Å². The Morgan fingerprint density at radius 1 is 1.20 bits per heavy atom. The van der Waals surface area contributed by atoms with Crippen LogP contribution in [0.3, 0.4) is 0 Å². The molecular weight excluding hydrogens is 252 g/mol. The molecule has 0 aromatic carbocycles. The van der Waals surface area contributed by atoms with Gasteiger partial charge in [0, 0.05) is 31.8 Å². The van der Waals surface area contributed by atoms with Gasteiger partial charge in [-0.15, -0.1) is 0 Å². The van der Waals surface area contributed by atoms with E-state index in [0.29, 0.717) is 6.04 Å². The van der Waals surface area contributed by atoms with Crippen LogP contribution in [0.2, 0.25) is 0 Å². The number of hydrogen-bond donors (Lipinski definition) is 1. The van der Waals surface area contributed by atoms with Gasteiger partial charge in [-0.05, 0) is 47.1 Å². The molecule has 120 valence electrons. The molecular formula is C16H34N2O2. The fourth-order valence-electron chi connectivity index (χ4n) is 2.91. The lowest BCUT2D eigenvalue weighted by Gasteiger charge is -2.46. The number of nitrogens with one attached hydrogen (secondary N) is 1. The van der Waals surface area contributed by atoms with Crippen LogP contribution in [0.4, 0.5) is 0 Å². The second-order valence-electron chi connectivity index (χ2n) is 6.87. The van der Waals surface area contributed by atoms with Gasteiger partial charge in [0.1, 0.15) is 0 Å². The molecule has 1 aliphatic rings. The van der Waals surface area contributed by atoms with Crippen molar-refractivity contribution < 1.29 is 9.47 Å². The number of nitrogens with zero attached hydrogens (tertiary/aromatic N) is 1. The Hall–Kier alpha value is -0.160. The minimum atomic E-state index is -0.0469. The lowest BCUT2D eigenvalue weighted by atomic mass is 9.85. The standard InChI is InChI=1S/C16H34N2O2/c1-7-17-14(8-9-15(2,3)19-6)16(4,5)18-10-12-20-13-11-18/h14,17H,7-13H2,1-6H3. The van der Waals surface area contributed by atoms with Crippen LogP contribution in [-0.4, -0.2) is 62.0 Å². The average molecular weight is 286 g/mol. The molecule has 1 heterocycles. The molecule has 1 unspecified atom stereocenters. The van der Waals surface area contributed by atoms with Gasteiger partial charge in [-0.2, -0.15) is 0 Å². The zero-order valence-electron chi connectivity index (χ0n) is 14.3. The van der Waals surface area contributed by atoms with Crippen molar-refractivity contribution in [3.63, 3.8) is 0 Å². The summed E-state index contributed by atoms with van der Waals surface area (Å²) in [4.78, 5) is 2.56. The van der Waals surface area contributed by atoms with E-state index in [1.807, 2.05) is 0 Å². The summed E-state index contributed by atoms with van der Waals surface area (Å²) in [5, 5.41) is 3.68. The summed E-state index contributed by atoms with van der Waals surface area (Å²) in [6, 6.07) is 0.472. The maximum Gasteiger partial charge on any atom is 0.0623 e. The predicted octanol–water partition coefficient (Wildman–Crippen LogP) is 2.28. The van der Waals surface area contributed by atoms with Gasteiger partial charge >= 0.3 is 0 Å². The molecule has 4 heteroatoms. The van der Waals surface area contributed by atoms with E-state index >= 15 is 0 Å². The Balaban J connectivity index is 2.66. The number of likely N-dealkylation sites (N-methyl/N-ethyl adjacent to an activating group) is 1. The third kappa shape index (κ3) is 4.99. The molecule has 0 aliphatic carbocycles. The smallest absolute Gasteiger partial charge is 0.0623 e. The van der Waals surface area contributed by atoms with E-state index in [2.05, 4.69) is 44.8 Å². The highest BCUT2D eigenvalue weighted by molar-refractivity contribution is 4.95. The maximum absolute atomic E-state index is 5.56. The normalized spacial score (nSPS) is 20.1. The highest BCUT2D eigenvalue weighted by Gasteiger charge is 2.36. The van der Waals surface area contributed by atoms with Gasteiger partial charge in [-0.3, -0.25) is 4.90 Å². The van der Waals surface area contributed by atoms with E-state index in [4.69, 9.17) is 9.47 Å². The summed E-state index contributed by atoms with van der Waals surface area (Å²) < 4.78 is 11.0. The molecule has 20 heavy (non-hydrogen) atoms. The average Bonchev–Trinajstić information content (AvgIpc) is 2.44. The third-order valence-electron chi connectivity index (χ3n) is 4.72. The highest BCUT2D eigenvalue weighted by atomic mass is 16.5. The number of ether oxygens (including phenoxy) is 2. The molecule has 0 bridgehead atoms. The monoisotopic (exact) mass is 286 g/mol. The zero-order chi connectivity index (χ0) is 15.2. The van der Waals surface area contributed by atoms with Crippen molar-refractivity contribution in [3.8, 4) is 0 Å². The first-order chi connectivity index (χ1) is 9.33. The zero-order valence-corrected chi connectivity index (χ0v) is 14.3. The predicted molar refractivity (Wildman–Crippen MR) is 84.3 cm³/mol.